The molecular weight excluding hydrogens is 369 g/mol. The molecule has 0 saturated carbocycles. The van der Waals surface area contributed by atoms with Crippen LogP contribution in [0.2, 0.25) is 5.02 Å². The number of alkyl halides is 2. The van der Waals surface area contributed by atoms with Gasteiger partial charge < -0.3 is 5.73 Å². The van der Waals surface area contributed by atoms with Crippen LogP contribution in [0.1, 0.15) is 15.9 Å². The van der Waals surface area contributed by atoms with E-state index in [1.165, 1.54) is 30.3 Å². The fourth-order valence-electron chi connectivity index (χ4n) is 2.57. The lowest BCUT2D eigenvalue weighted by Gasteiger charge is -2.24. The van der Waals surface area contributed by atoms with Crippen molar-refractivity contribution in [3.05, 3.63) is 64.7 Å². The number of hydrogen-bond donors (Lipinski definition) is 1. The van der Waals surface area contributed by atoms with Crippen molar-refractivity contribution < 1.29 is 18.0 Å². The van der Waals surface area contributed by atoms with Gasteiger partial charge in [-0.15, -0.1) is 0 Å². The third-order valence-corrected chi connectivity index (χ3v) is 4.06. The first-order valence-electron chi connectivity index (χ1n) is 7.40. The molecular formula is C17H12ClF3N4O. The number of benzene rings is 2. The topological polar surface area (TPSA) is 72.1 Å². The van der Waals surface area contributed by atoms with Gasteiger partial charge in [-0.2, -0.15) is 8.78 Å². The van der Waals surface area contributed by atoms with Crippen LogP contribution in [0.3, 0.4) is 0 Å². The molecule has 26 heavy (non-hydrogen) atoms. The van der Waals surface area contributed by atoms with E-state index in [0.717, 1.165) is 12.4 Å². The molecule has 5 nitrogen and oxygen atoms in total. The smallest absolute Gasteiger partial charge is 0.316 e. The van der Waals surface area contributed by atoms with Crippen molar-refractivity contribution in [3.63, 3.8) is 0 Å². The number of amides is 1. The van der Waals surface area contributed by atoms with Gasteiger partial charge in [-0.1, -0.05) is 23.7 Å². The summed E-state index contributed by atoms with van der Waals surface area (Å²) in [5.74, 6) is -1.53. The summed E-state index contributed by atoms with van der Waals surface area (Å²) in [6.45, 7) is -3.25. The minimum absolute atomic E-state index is 0.0940. The first-order chi connectivity index (χ1) is 12.4. The molecule has 0 spiro atoms. The van der Waals surface area contributed by atoms with Crippen LogP contribution in [0, 0.1) is 5.82 Å². The highest BCUT2D eigenvalue weighted by molar-refractivity contribution is 6.30. The average Bonchev–Trinajstić information content (AvgIpc) is 2.61. The van der Waals surface area contributed by atoms with Gasteiger partial charge in [-0.3, -0.25) is 9.69 Å². The van der Waals surface area contributed by atoms with Crippen molar-refractivity contribution in [2.75, 3.05) is 4.90 Å². The first kappa shape index (κ1) is 17.9. The zero-order chi connectivity index (χ0) is 18.8. The molecule has 134 valence electrons. The largest absolute Gasteiger partial charge is 0.366 e. The van der Waals surface area contributed by atoms with Crippen LogP contribution in [-0.4, -0.2) is 22.4 Å². The second kappa shape index (κ2) is 7.17. The lowest BCUT2D eigenvalue weighted by Crippen LogP contribution is -2.29. The minimum Gasteiger partial charge on any atom is -0.366 e. The molecule has 0 aliphatic heterocycles. The van der Waals surface area contributed by atoms with Gasteiger partial charge in [0.15, 0.2) is 0 Å². The molecule has 3 rings (SSSR count). The van der Waals surface area contributed by atoms with Crippen LogP contribution >= 0.6 is 11.6 Å². The number of nitrogens with zero attached hydrogens (tertiary/aromatic N) is 3. The molecule has 1 heterocycles. The molecule has 0 aliphatic rings. The standard InChI is InChI=1S/C17H12ClF3N4O/c18-12-5-4-9(6-13(12)19)7-25(17(20)21)16-11-3-1-2-10(15(22)26)14(11)23-8-24-16/h1-6,8,17H,7H2,(H2,22,26). The zero-order valence-corrected chi connectivity index (χ0v) is 13.9. The normalized spacial score (nSPS) is 11.1. The van der Waals surface area contributed by atoms with Crippen LogP contribution < -0.4 is 10.6 Å². The van der Waals surface area contributed by atoms with E-state index in [1.54, 1.807) is 0 Å². The summed E-state index contributed by atoms with van der Waals surface area (Å²) in [6.07, 6.45) is 1.07. The predicted octanol–water partition coefficient (Wildman–Crippen LogP) is 3.75. The Morgan fingerprint density at radius 3 is 2.65 bits per heavy atom. The highest BCUT2D eigenvalue weighted by Gasteiger charge is 2.23. The number of primary amides is 1. The second-order valence-corrected chi connectivity index (χ2v) is 5.82. The molecule has 0 radical (unpaired) electrons. The summed E-state index contributed by atoms with van der Waals surface area (Å²) in [5, 5.41) is 0.134. The lowest BCUT2D eigenvalue weighted by atomic mass is 10.1. The number of anilines is 1. The monoisotopic (exact) mass is 380 g/mol. The van der Waals surface area contributed by atoms with Gasteiger partial charge in [-0.05, 0) is 29.8 Å². The van der Waals surface area contributed by atoms with Crippen molar-refractivity contribution in [3.8, 4) is 0 Å². The fraction of sp³-hybridized carbons (Fsp3) is 0.118. The van der Waals surface area contributed by atoms with Crippen LogP contribution in [0.5, 0.6) is 0 Å². The SMILES string of the molecule is NC(=O)c1cccc2c(N(Cc3ccc(Cl)c(F)c3)C(F)F)ncnc12. The van der Waals surface area contributed by atoms with Crippen LogP contribution in [-0.2, 0) is 6.54 Å². The number of halogens is 4. The first-order valence-corrected chi connectivity index (χ1v) is 7.78. The quantitative estimate of drug-likeness (QED) is 0.684. The van der Waals surface area contributed by atoms with E-state index in [0.29, 0.717) is 4.90 Å². The zero-order valence-electron chi connectivity index (χ0n) is 13.2. The molecule has 9 heteroatoms. The summed E-state index contributed by atoms with van der Waals surface area (Å²) in [7, 11) is 0. The molecule has 0 fully saturated rings. The van der Waals surface area contributed by atoms with E-state index < -0.39 is 18.3 Å². The van der Waals surface area contributed by atoms with Gasteiger partial charge in [0.1, 0.15) is 18.0 Å². The molecule has 0 aliphatic carbocycles. The Hall–Kier alpha value is -2.87. The summed E-state index contributed by atoms with van der Waals surface area (Å²) >= 11 is 5.62. The van der Waals surface area contributed by atoms with Crippen LogP contribution in [0.4, 0.5) is 19.0 Å². The molecule has 2 N–H and O–H groups in total. The van der Waals surface area contributed by atoms with Crippen molar-refractivity contribution in [1.29, 1.82) is 0 Å². The van der Waals surface area contributed by atoms with E-state index in [1.807, 2.05) is 0 Å². The number of hydrogen-bond acceptors (Lipinski definition) is 4. The Labute approximate surface area is 151 Å². The number of nitrogens with two attached hydrogens (primary N) is 1. The average molecular weight is 381 g/mol. The molecule has 0 saturated heterocycles. The van der Waals surface area contributed by atoms with E-state index in [-0.39, 0.29) is 39.4 Å². The molecule has 3 aromatic rings. The van der Waals surface area contributed by atoms with E-state index in [2.05, 4.69) is 9.97 Å². The molecule has 0 bridgehead atoms. The summed E-state index contributed by atoms with van der Waals surface area (Å²) in [5.41, 5.74) is 5.85. The Kier molecular flexibility index (Phi) is 4.94. The predicted molar refractivity (Wildman–Crippen MR) is 91.7 cm³/mol. The number of carbonyl (C=O) groups excluding carboxylic acids is 1. The Balaban J connectivity index is 2.10. The second-order valence-electron chi connectivity index (χ2n) is 5.42. The number of para-hydroxylation sites is 1. The highest BCUT2D eigenvalue weighted by atomic mass is 35.5. The number of rotatable bonds is 5. The Morgan fingerprint density at radius 2 is 2.00 bits per heavy atom. The van der Waals surface area contributed by atoms with Crippen molar-refractivity contribution in [1.82, 2.24) is 9.97 Å². The van der Waals surface area contributed by atoms with Crippen molar-refractivity contribution in [2.24, 2.45) is 5.73 Å². The molecule has 1 aromatic heterocycles. The van der Waals surface area contributed by atoms with Gasteiger partial charge >= 0.3 is 6.55 Å². The van der Waals surface area contributed by atoms with E-state index in [9.17, 15) is 18.0 Å². The van der Waals surface area contributed by atoms with Crippen LogP contribution in [0.15, 0.2) is 42.7 Å². The van der Waals surface area contributed by atoms with Gasteiger partial charge in [0.05, 0.1) is 16.1 Å². The maximum atomic E-state index is 13.7. The lowest BCUT2D eigenvalue weighted by molar-refractivity contribution is 0.100. The van der Waals surface area contributed by atoms with Crippen molar-refractivity contribution >= 4 is 34.2 Å². The minimum atomic E-state index is -2.93. The van der Waals surface area contributed by atoms with Crippen molar-refractivity contribution in [2.45, 2.75) is 13.1 Å². The van der Waals surface area contributed by atoms with Gasteiger partial charge in [-0.25, -0.2) is 14.4 Å². The number of carbonyl (C=O) groups is 1. The van der Waals surface area contributed by atoms with Gasteiger partial charge in [0, 0.05) is 11.9 Å². The van der Waals surface area contributed by atoms with E-state index in [4.69, 9.17) is 17.3 Å². The maximum absolute atomic E-state index is 13.7. The summed E-state index contributed by atoms with van der Waals surface area (Å²) in [4.78, 5) is 20.1. The third-order valence-electron chi connectivity index (χ3n) is 3.75. The molecule has 0 atom stereocenters. The third kappa shape index (κ3) is 3.41. The highest BCUT2D eigenvalue weighted by Crippen LogP contribution is 2.29. The fourth-order valence-corrected chi connectivity index (χ4v) is 2.69. The van der Waals surface area contributed by atoms with E-state index >= 15 is 0 Å². The molecule has 1 amide bonds. The molecule has 0 unspecified atom stereocenters. The van der Waals surface area contributed by atoms with Crippen LogP contribution in [0.25, 0.3) is 10.9 Å². The Bertz CT molecular complexity index is 983. The summed E-state index contributed by atoms with van der Waals surface area (Å²) < 4.78 is 41.0. The number of fused-ring (bicyclic) bond motifs is 1. The maximum Gasteiger partial charge on any atom is 0.316 e. The molecule has 2 aromatic carbocycles. The number of aromatic nitrogens is 2. The van der Waals surface area contributed by atoms with Gasteiger partial charge in [0.25, 0.3) is 5.91 Å². The van der Waals surface area contributed by atoms with Gasteiger partial charge in [0.2, 0.25) is 0 Å². The Morgan fingerprint density at radius 1 is 1.23 bits per heavy atom. The summed E-state index contributed by atoms with van der Waals surface area (Å²) in [6, 6.07) is 8.27.